The zero-order chi connectivity index (χ0) is 20.1. The molecule has 1 N–H and O–H groups in total. The highest BCUT2D eigenvalue weighted by molar-refractivity contribution is 14.0. The van der Waals surface area contributed by atoms with Crippen LogP contribution in [0.4, 0.5) is 13.2 Å². The molecule has 5 nitrogen and oxygen atoms in total. The molecule has 1 aromatic heterocycles. The molecule has 1 unspecified atom stereocenters. The third kappa shape index (κ3) is 6.29. The van der Waals surface area contributed by atoms with Crippen LogP contribution in [0.3, 0.4) is 0 Å². The molecule has 0 spiro atoms. The summed E-state index contributed by atoms with van der Waals surface area (Å²) in [5.41, 5.74) is 1.51. The Hall–Kier alpha value is -1.40. The topological polar surface area (TPSA) is 49.8 Å². The van der Waals surface area contributed by atoms with Gasteiger partial charge in [0.15, 0.2) is 11.7 Å². The summed E-state index contributed by atoms with van der Waals surface area (Å²) in [6.45, 7) is 4.48. The van der Waals surface area contributed by atoms with Crippen molar-refractivity contribution in [2.24, 2.45) is 4.99 Å². The lowest BCUT2D eigenvalue weighted by Gasteiger charge is -2.35. The van der Waals surface area contributed by atoms with Crippen molar-refractivity contribution < 1.29 is 17.9 Å². The average molecular weight is 540 g/mol. The number of aromatic nitrogens is 1. The van der Waals surface area contributed by atoms with E-state index in [0.29, 0.717) is 37.7 Å². The molecule has 1 aromatic carbocycles. The van der Waals surface area contributed by atoms with Gasteiger partial charge in [0, 0.05) is 31.9 Å². The van der Waals surface area contributed by atoms with E-state index in [1.54, 1.807) is 7.05 Å². The molecule has 1 fully saturated rings. The molecule has 0 saturated carbocycles. The van der Waals surface area contributed by atoms with Crippen molar-refractivity contribution in [3.05, 3.63) is 51.5 Å². The van der Waals surface area contributed by atoms with Crippen LogP contribution in [0.15, 0.2) is 34.6 Å². The highest BCUT2D eigenvalue weighted by Gasteiger charge is 2.33. The summed E-state index contributed by atoms with van der Waals surface area (Å²) in [5, 5.41) is 4.74. The number of ether oxygens (including phenoxy) is 1. The first kappa shape index (κ1) is 23.9. The first-order valence-electron chi connectivity index (χ1n) is 9.03. The minimum atomic E-state index is -4.39. The average Bonchev–Trinajstić information content (AvgIpc) is 3.15. The van der Waals surface area contributed by atoms with Crippen molar-refractivity contribution in [1.29, 1.82) is 0 Å². The quantitative estimate of drug-likeness (QED) is 0.358. The number of alkyl halides is 3. The second-order valence-electron chi connectivity index (χ2n) is 6.51. The number of aliphatic imine (C=N–C) groups is 1. The van der Waals surface area contributed by atoms with Gasteiger partial charge in [-0.3, -0.25) is 4.99 Å². The highest BCUT2D eigenvalue weighted by atomic mass is 127. The Morgan fingerprint density at radius 2 is 2.14 bits per heavy atom. The molecule has 29 heavy (non-hydrogen) atoms. The fourth-order valence-electron chi connectivity index (χ4n) is 3.15. The number of nitrogens with one attached hydrogen (secondary N) is 1. The molecule has 2 aromatic rings. The number of hydrogen-bond donors (Lipinski definition) is 1. The van der Waals surface area contributed by atoms with E-state index in [9.17, 15) is 13.2 Å². The predicted molar refractivity (Wildman–Crippen MR) is 119 cm³/mol. The maximum absolute atomic E-state index is 12.6. The minimum absolute atomic E-state index is 0. The zero-order valence-corrected chi connectivity index (χ0v) is 19.3. The molecular weight excluding hydrogens is 516 g/mol. The van der Waals surface area contributed by atoms with Gasteiger partial charge in [0.05, 0.1) is 18.2 Å². The minimum Gasteiger partial charge on any atom is -0.370 e. The second kappa shape index (κ2) is 10.6. The van der Waals surface area contributed by atoms with Gasteiger partial charge in [-0.05, 0) is 18.1 Å². The van der Waals surface area contributed by atoms with Gasteiger partial charge in [-0.2, -0.15) is 13.2 Å². The van der Waals surface area contributed by atoms with Gasteiger partial charge in [0.2, 0.25) is 0 Å². The number of aryl methyl sites for hydroxylation is 1. The maximum Gasteiger partial charge on any atom is 0.434 e. The first-order chi connectivity index (χ1) is 13.4. The monoisotopic (exact) mass is 540 g/mol. The third-order valence-corrected chi connectivity index (χ3v) is 5.49. The van der Waals surface area contributed by atoms with Crippen LogP contribution in [0.1, 0.15) is 27.9 Å². The molecular formula is C19H24F3IN4OS. The third-order valence-electron chi connectivity index (χ3n) is 4.58. The van der Waals surface area contributed by atoms with Crippen molar-refractivity contribution in [2.45, 2.75) is 25.6 Å². The summed E-state index contributed by atoms with van der Waals surface area (Å²) < 4.78 is 43.9. The van der Waals surface area contributed by atoms with Gasteiger partial charge in [-0.1, -0.05) is 24.3 Å². The lowest BCUT2D eigenvalue weighted by atomic mass is 10.0. The first-order valence-corrected chi connectivity index (χ1v) is 9.90. The van der Waals surface area contributed by atoms with Crippen LogP contribution < -0.4 is 5.32 Å². The molecule has 1 atom stereocenters. The number of rotatable bonds is 4. The summed E-state index contributed by atoms with van der Waals surface area (Å²) in [6, 6.07) is 8.14. The maximum atomic E-state index is 12.6. The van der Waals surface area contributed by atoms with E-state index in [1.807, 2.05) is 12.1 Å². The van der Waals surface area contributed by atoms with Gasteiger partial charge in [-0.25, -0.2) is 4.98 Å². The van der Waals surface area contributed by atoms with Gasteiger partial charge < -0.3 is 15.0 Å². The van der Waals surface area contributed by atoms with E-state index >= 15 is 0 Å². The number of halogens is 4. The fourth-order valence-corrected chi connectivity index (χ4v) is 3.95. The van der Waals surface area contributed by atoms with Crippen LogP contribution in [0.5, 0.6) is 0 Å². The van der Waals surface area contributed by atoms with Crippen LogP contribution in [-0.4, -0.2) is 49.1 Å². The fraction of sp³-hybridized carbons (Fsp3) is 0.474. The summed E-state index contributed by atoms with van der Waals surface area (Å²) in [5.74, 6) is 0.717. The summed E-state index contributed by atoms with van der Waals surface area (Å²) >= 11 is 1.03. The Bertz CT molecular complexity index is 828. The summed E-state index contributed by atoms with van der Waals surface area (Å²) in [6.07, 6.45) is -4.02. The Balaban J connectivity index is 0.00000300. The lowest BCUT2D eigenvalue weighted by molar-refractivity contribution is -0.140. The van der Waals surface area contributed by atoms with E-state index in [1.165, 1.54) is 5.56 Å². The van der Waals surface area contributed by atoms with Crippen LogP contribution in [-0.2, 0) is 17.3 Å². The Morgan fingerprint density at radius 3 is 2.79 bits per heavy atom. The lowest BCUT2D eigenvalue weighted by Crippen LogP contribution is -2.48. The largest absolute Gasteiger partial charge is 0.434 e. The molecule has 0 amide bonds. The van der Waals surface area contributed by atoms with Crippen molar-refractivity contribution in [2.75, 3.05) is 33.3 Å². The smallest absolute Gasteiger partial charge is 0.370 e. The molecule has 2 heterocycles. The van der Waals surface area contributed by atoms with E-state index in [4.69, 9.17) is 4.74 Å². The number of thiazole rings is 1. The molecule has 1 saturated heterocycles. The molecule has 0 aliphatic carbocycles. The van der Waals surface area contributed by atoms with Crippen molar-refractivity contribution in [1.82, 2.24) is 15.2 Å². The standard InChI is InChI=1S/C19H23F3N4OS.HI/c1-13-5-3-4-6-14(13)15-11-26(9-10-27-15)18(23-2)24-8-7-17-25-16(12-28-17)19(20,21)22;/h3-6,12,15H,7-11H2,1-2H3,(H,23,24);1H. The highest BCUT2D eigenvalue weighted by Crippen LogP contribution is 2.30. The molecule has 0 radical (unpaired) electrons. The van der Waals surface area contributed by atoms with Crippen LogP contribution >= 0.6 is 35.3 Å². The zero-order valence-electron chi connectivity index (χ0n) is 16.2. The normalized spacial score (nSPS) is 17.8. The van der Waals surface area contributed by atoms with Gasteiger partial charge in [-0.15, -0.1) is 35.3 Å². The second-order valence-corrected chi connectivity index (χ2v) is 7.45. The molecule has 160 valence electrons. The Kier molecular flexibility index (Phi) is 8.71. The van der Waals surface area contributed by atoms with E-state index in [2.05, 4.69) is 39.2 Å². The molecule has 10 heteroatoms. The predicted octanol–water partition coefficient (Wildman–Crippen LogP) is 4.28. The number of nitrogens with zero attached hydrogens (tertiary/aromatic N) is 3. The molecule has 3 rings (SSSR count). The van der Waals surface area contributed by atoms with E-state index < -0.39 is 11.9 Å². The number of benzene rings is 1. The van der Waals surface area contributed by atoms with Gasteiger partial charge in [0.25, 0.3) is 0 Å². The number of morpholine rings is 1. The Labute approximate surface area is 189 Å². The van der Waals surface area contributed by atoms with E-state index in [0.717, 1.165) is 28.2 Å². The van der Waals surface area contributed by atoms with Gasteiger partial charge in [0.1, 0.15) is 6.10 Å². The van der Waals surface area contributed by atoms with Crippen molar-refractivity contribution >= 4 is 41.3 Å². The van der Waals surface area contributed by atoms with E-state index in [-0.39, 0.29) is 30.1 Å². The van der Waals surface area contributed by atoms with Gasteiger partial charge >= 0.3 is 6.18 Å². The van der Waals surface area contributed by atoms with Crippen molar-refractivity contribution in [3.63, 3.8) is 0 Å². The van der Waals surface area contributed by atoms with Crippen LogP contribution in [0, 0.1) is 6.92 Å². The number of hydrogen-bond acceptors (Lipinski definition) is 4. The SMILES string of the molecule is CN=C(NCCc1nc(C(F)(F)F)cs1)N1CCOC(c2ccccc2C)C1.I. The van der Waals surface area contributed by atoms with Crippen molar-refractivity contribution in [3.8, 4) is 0 Å². The summed E-state index contributed by atoms with van der Waals surface area (Å²) in [4.78, 5) is 10.1. The molecule has 1 aliphatic heterocycles. The molecule has 0 bridgehead atoms. The van der Waals surface area contributed by atoms with Crippen LogP contribution in [0.25, 0.3) is 0 Å². The molecule has 1 aliphatic rings. The Morgan fingerprint density at radius 1 is 1.38 bits per heavy atom. The number of guanidine groups is 1. The van der Waals surface area contributed by atoms with Crippen LogP contribution in [0.2, 0.25) is 0 Å². The summed E-state index contributed by atoms with van der Waals surface area (Å²) in [7, 11) is 1.70.